The van der Waals surface area contributed by atoms with Gasteiger partial charge in [-0.3, -0.25) is 4.79 Å². The standard InChI is InChI=1S/C13H14BrF4NO/c1-2-19(8-4-7-14)12(20)9-5-3-6-10(11(9)15)13(16,17)18/h3,5-6H,2,4,7-8H2,1H3. The van der Waals surface area contributed by atoms with Crippen LogP contribution in [-0.4, -0.2) is 29.2 Å². The number of carbonyl (C=O) groups excluding carboxylic acids is 1. The molecule has 1 aromatic carbocycles. The Morgan fingerprint density at radius 3 is 2.50 bits per heavy atom. The van der Waals surface area contributed by atoms with Crippen LogP contribution in [0.4, 0.5) is 17.6 Å². The summed E-state index contributed by atoms with van der Waals surface area (Å²) in [5.41, 5.74) is -1.96. The molecule has 0 aromatic heterocycles. The monoisotopic (exact) mass is 355 g/mol. The Bertz CT molecular complexity index is 476. The van der Waals surface area contributed by atoms with Gasteiger partial charge in [0.1, 0.15) is 5.82 Å². The summed E-state index contributed by atoms with van der Waals surface area (Å²) in [6.45, 7) is 2.36. The molecule has 0 radical (unpaired) electrons. The summed E-state index contributed by atoms with van der Waals surface area (Å²) >= 11 is 3.20. The Morgan fingerprint density at radius 1 is 1.35 bits per heavy atom. The first-order valence-electron chi connectivity index (χ1n) is 6.03. The van der Waals surface area contributed by atoms with E-state index in [2.05, 4.69) is 15.9 Å². The molecule has 0 N–H and O–H groups in total. The van der Waals surface area contributed by atoms with E-state index in [1.807, 2.05) is 0 Å². The molecular weight excluding hydrogens is 342 g/mol. The number of nitrogens with zero attached hydrogens (tertiary/aromatic N) is 1. The van der Waals surface area contributed by atoms with Crippen LogP contribution < -0.4 is 0 Å². The predicted octanol–water partition coefficient (Wildman–Crippen LogP) is 4.09. The smallest absolute Gasteiger partial charge is 0.339 e. The summed E-state index contributed by atoms with van der Waals surface area (Å²) in [5.74, 6) is -2.24. The van der Waals surface area contributed by atoms with E-state index in [1.165, 1.54) is 4.90 Å². The molecule has 0 saturated heterocycles. The third-order valence-electron chi connectivity index (χ3n) is 2.77. The molecule has 0 aliphatic carbocycles. The van der Waals surface area contributed by atoms with Crippen molar-refractivity contribution < 1.29 is 22.4 Å². The minimum absolute atomic E-state index is 0.307. The molecule has 0 aliphatic heterocycles. The number of hydrogen-bond acceptors (Lipinski definition) is 1. The average Bonchev–Trinajstić information content (AvgIpc) is 2.38. The van der Waals surface area contributed by atoms with Crippen molar-refractivity contribution in [1.29, 1.82) is 0 Å². The first-order valence-corrected chi connectivity index (χ1v) is 7.16. The van der Waals surface area contributed by atoms with Crippen molar-refractivity contribution in [2.45, 2.75) is 19.5 Å². The van der Waals surface area contributed by atoms with Crippen LogP contribution >= 0.6 is 15.9 Å². The molecule has 0 heterocycles. The van der Waals surface area contributed by atoms with Crippen molar-refractivity contribution in [3.05, 3.63) is 35.1 Å². The topological polar surface area (TPSA) is 20.3 Å². The number of halogens is 5. The molecule has 0 aliphatic rings. The third-order valence-corrected chi connectivity index (χ3v) is 3.33. The van der Waals surface area contributed by atoms with Gasteiger partial charge < -0.3 is 4.90 Å². The number of amides is 1. The number of alkyl halides is 4. The molecule has 2 nitrogen and oxygen atoms in total. The predicted molar refractivity (Wildman–Crippen MR) is 71.4 cm³/mol. The molecule has 1 amide bonds. The van der Waals surface area contributed by atoms with E-state index in [0.717, 1.165) is 12.1 Å². The first kappa shape index (κ1) is 16.9. The van der Waals surface area contributed by atoms with E-state index in [0.29, 0.717) is 30.9 Å². The zero-order valence-electron chi connectivity index (χ0n) is 10.8. The van der Waals surface area contributed by atoms with Crippen LogP contribution in [0.2, 0.25) is 0 Å². The van der Waals surface area contributed by atoms with Crippen molar-refractivity contribution in [3.8, 4) is 0 Å². The fourth-order valence-corrected chi connectivity index (χ4v) is 1.99. The number of rotatable bonds is 5. The van der Waals surface area contributed by atoms with Gasteiger partial charge in [0.15, 0.2) is 0 Å². The Kier molecular flexibility index (Phi) is 5.98. The molecule has 0 saturated carbocycles. The second-order valence-electron chi connectivity index (χ2n) is 4.09. The lowest BCUT2D eigenvalue weighted by molar-refractivity contribution is -0.140. The highest BCUT2D eigenvalue weighted by molar-refractivity contribution is 9.09. The maximum atomic E-state index is 13.9. The van der Waals surface area contributed by atoms with Crippen molar-refractivity contribution in [1.82, 2.24) is 4.90 Å². The average molecular weight is 356 g/mol. The maximum absolute atomic E-state index is 13.9. The molecule has 0 bridgehead atoms. The maximum Gasteiger partial charge on any atom is 0.419 e. The highest BCUT2D eigenvalue weighted by Gasteiger charge is 2.36. The minimum atomic E-state index is -4.81. The second kappa shape index (κ2) is 7.06. The normalized spacial score (nSPS) is 11.5. The Hall–Kier alpha value is -1.11. The molecule has 7 heteroatoms. The van der Waals surface area contributed by atoms with Gasteiger partial charge in [-0.1, -0.05) is 22.0 Å². The summed E-state index contributed by atoms with van der Waals surface area (Å²) in [7, 11) is 0. The van der Waals surface area contributed by atoms with Crippen molar-refractivity contribution in [2.75, 3.05) is 18.4 Å². The summed E-state index contributed by atoms with van der Waals surface area (Å²) in [6, 6.07) is 2.74. The zero-order chi connectivity index (χ0) is 15.3. The highest BCUT2D eigenvalue weighted by Crippen LogP contribution is 2.32. The molecule has 0 spiro atoms. The molecule has 20 heavy (non-hydrogen) atoms. The van der Waals surface area contributed by atoms with Crippen LogP contribution in [0.15, 0.2) is 18.2 Å². The second-order valence-corrected chi connectivity index (χ2v) is 4.89. The van der Waals surface area contributed by atoms with E-state index in [9.17, 15) is 22.4 Å². The molecule has 0 fully saturated rings. The number of benzene rings is 1. The van der Waals surface area contributed by atoms with Gasteiger partial charge in [-0.05, 0) is 25.5 Å². The Morgan fingerprint density at radius 2 is 2.00 bits per heavy atom. The lowest BCUT2D eigenvalue weighted by Crippen LogP contribution is -2.33. The van der Waals surface area contributed by atoms with Crippen LogP contribution in [-0.2, 0) is 6.18 Å². The SMILES string of the molecule is CCN(CCCBr)C(=O)c1cccc(C(F)(F)F)c1F. The van der Waals surface area contributed by atoms with Crippen molar-refractivity contribution in [3.63, 3.8) is 0 Å². The van der Waals surface area contributed by atoms with E-state index < -0.39 is 29.0 Å². The molecule has 112 valence electrons. The van der Waals surface area contributed by atoms with E-state index in [1.54, 1.807) is 6.92 Å². The van der Waals surface area contributed by atoms with Gasteiger partial charge in [0.25, 0.3) is 5.91 Å². The lowest BCUT2D eigenvalue weighted by Gasteiger charge is -2.21. The van der Waals surface area contributed by atoms with Gasteiger partial charge in [-0.15, -0.1) is 0 Å². The van der Waals surface area contributed by atoms with Crippen LogP contribution in [0, 0.1) is 5.82 Å². The van der Waals surface area contributed by atoms with Gasteiger partial charge in [0, 0.05) is 18.4 Å². The van der Waals surface area contributed by atoms with Gasteiger partial charge in [0.2, 0.25) is 0 Å². The zero-order valence-corrected chi connectivity index (χ0v) is 12.4. The fourth-order valence-electron chi connectivity index (χ4n) is 1.74. The highest BCUT2D eigenvalue weighted by atomic mass is 79.9. The molecule has 1 aromatic rings. The molecule has 0 unspecified atom stereocenters. The fraction of sp³-hybridized carbons (Fsp3) is 0.462. The van der Waals surface area contributed by atoms with E-state index in [4.69, 9.17) is 0 Å². The summed E-state index contributed by atoms with van der Waals surface area (Å²) in [6.07, 6.45) is -4.17. The third kappa shape index (κ3) is 3.94. The van der Waals surface area contributed by atoms with Gasteiger partial charge in [0.05, 0.1) is 11.1 Å². The van der Waals surface area contributed by atoms with Crippen LogP contribution in [0.5, 0.6) is 0 Å². The van der Waals surface area contributed by atoms with Crippen molar-refractivity contribution >= 4 is 21.8 Å². The molecule has 0 atom stereocenters. The van der Waals surface area contributed by atoms with E-state index >= 15 is 0 Å². The van der Waals surface area contributed by atoms with Crippen molar-refractivity contribution in [2.24, 2.45) is 0 Å². The minimum Gasteiger partial charge on any atom is -0.339 e. The number of carbonyl (C=O) groups is 1. The van der Waals surface area contributed by atoms with E-state index in [-0.39, 0.29) is 0 Å². The largest absolute Gasteiger partial charge is 0.419 e. The van der Waals surface area contributed by atoms with Gasteiger partial charge in [-0.25, -0.2) is 4.39 Å². The summed E-state index contributed by atoms with van der Waals surface area (Å²) in [5, 5.41) is 0.655. The Balaban J connectivity index is 3.10. The van der Waals surface area contributed by atoms with Gasteiger partial charge >= 0.3 is 6.18 Å². The summed E-state index contributed by atoms with van der Waals surface area (Å²) in [4.78, 5) is 13.4. The van der Waals surface area contributed by atoms with Gasteiger partial charge in [-0.2, -0.15) is 13.2 Å². The lowest BCUT2D eigenvalue weighted by atomic mass is 10.1. The quantitative estimate of drug-likeness (QED) is 0.575. The van der Waals surface area contributed by atoms with Crippen LogP contribution in [0.1, 0.15) is 29.3 Å². The molecule has 1 rings (SSSR count). The molecular formula is C13H14BrF4NO. The number of hydrogen-bond donors (Lipinski definition) is 0. The van der Waals surface area contributed by atoms with Crippen LogP contribution in [0.25, 0.3) is 0 Å². The first-order chi connectivity index (χ1) is 9.32. The van der Waals surface area contributed by atoms with Crippen LogP contribution in [0.3, 0.4) is 0 Å². The Labute approximate surface area is 122 Å². The summed E-state index contributed by atoms with van der Waals surface area (Å²) < 4.78 is 51.7.